The Morgan fingerprint density at radius 2 is 1.94 bits per heavy atom. The van der Waals surface area contributed by atoms with Crippen molar-refractivity contribution in [2.75, 3.05) is 59.4 Å². The van der Waals surface area contributed by atoms with Crippen LogP contribution in [0.4, 0.5) is 13.2 Å². The van der Waals surface area contributed by atoms with Gasteiger partial charge in [-0.25, -0.2) is 0 Å². The molecule has 32 heavy (non-hydrogen) atoms. The Morgan fingerprint density at radius 3 is 2.66 bits per heavy atom. The highest BCUT2D eigenvalue weighted by atomic mass is 127. The van der Waals surface area contributed by atoms with Crippen LogP contribution in [0.5, 0.6) is 0 Å². The molecule has 0 spiro atoms. The summed E-state index contributed by atoms with van der Waals surface area (Å²) >= 11 is 0. The van der Waals surface area contributed by atoms with Gasteiger partial charge in [-0.1, -0.05) is 25.1 Å². The highest BCUT2D eigenvalue weighted by molar-refractivity contribution is 14.0. The summed E-state index contributed by atoms with van der Waals surface area (Å²) in [4.78, 5) is 9.55. The van der Waals surface area contributed by atoms with Gasteiger partial charge < -0.3 is 20.4 Å². The lowest BCUT2D eigenvalue weighted by Gasteiger charge is -2.19. The van der Waals surface area contributed by atoms with Gasteiger partial charge in [-0.05, 0) is 70.4 Å². The fraction of sp³-hybridized carbons (Fsp3) is 0.696. The minimum atomic E-state index is -4.30. The van der Waals surface area contributed by atoms with E-state index in [0.717, 1.165) is 64.1 Å². The lowest BCUT2D eigenvalue weighted by Crippen LogP contribution is -2.38. The topological polar surface area (TPSA) is 42.9 Å². The van der Waals surface area contributed by atoms with Crippen LogP contribution in [0, 0.1) is 0 Å². The summed E-state index contributed by atoms with van der Waals surface area (Å²) in [6, 6.07) is 5.62. The Kier molecular flexibility index (Phi) is 13.5. The second-order valence-electron chi connectivity index (χ2n) is 8.35. The van der Waals surface area contributed by atoms with E-state index in [0.29, 0.717) is 12.1 Å². The van der Waals surface area contributed by atoms with Crippen molar-refractivity contribution in [3.05, 3.63) is 35.4 Å². The van der Waals surface area contributed by atoms with E-state index in [2.05, 4.69) is 32.5 Å². The zero-order chi connectivity index (χ0) is 22.7. The van der Waals surface area contributed by atoms with Crippen LogP contribution in [-0.2, 0) is 6.18 Å². The molecular formula is C23H39F3IN5. The van der Waals surface area contributed by atoms with Gasteiger partial charge in [-0.15, -0.1) is 24.0 Å². The van der Waals surface area contributed by atoms with Crippen LogP contribution in [-0.4, -0.2) is 75.2 Å². The van der Waals surface area contributed by atoms with Crippen LogP contribution >= 0.6 is 24.0 Å². The summed E-state index contributed by atoms with van der Waals surface area (Å²) in [6.45, 7) is 11.8. The van der Waals surface area contributed by atoms with Gasteiger partial charge >= 0.3 is 6.18 Å². The van der Waals surface area contributed by atoms with Crippen molar-refractivity contribution in [2.24, 2.45) is 4.99 Å². The lowest BCUT2D eigenvalue weighted by molar-refractivity contribution is -0.137. The van der Waals surface area contributed by atoms with Crippen LogP contribution in [0.2, 0.25) is 0 Å². The molecule has 9 heteroatoms. The number of rotatable bonds is 9. The van der Waals surface area contributed by atoms with Crippen molar-refractivity contribution in [1.29, 1.82) is 0 Å². The second-order valence-corrected chi connectivity index (χ2v) is 8.35. The van der Waals surface area contributed by atoms with E-state index in [4.69, 9.17) is 0 Å². The van der Waals surface area contributed by atoms with Gasteiger partial charge in [0.2, 0.25) is 0 Å². The summed E-state index contributed by atoms with van der Waals surface area (Å²) in [6.07, 6.45) is -1.34. The van der Waals surface area contributed by atoms with E-state index in [1.54, 1.807) is 6.07 Å². The maximum atomic E-state index is 12.9. The molecule has 1 aliphatic rings. The Labute approximate surface area is 208 Å². The summed E-state index contributed by atoms with van der Waals surface area (Å²) < 4.78 is 38.8. The number of hydrogen-bond acceptors (Lipinski definition) is 3. The van der Waals surface area contributed by atoms with Crippen molar-refractivity contribution in [2.45, 2.75) is 45.2 Å². The Bertz CT molecular complexity index is 684. The largest absolute Gasteiger partial charge is 0.416 e. The van der Waals surface area contributed by atoms with Gasteiger partial charge in [-0.3, -0.25) is 4.99 Å². The monoisotopic (exact) mass is 569 g/mol. The highest BCUT2D eigenvalue weighted by Crippen LogP contribution is 2.31. The first kappa shape index (κ1) is 29.0. The van der Waals surface area contributed by atoms with E-state index in [1.807, 2.05) is 13.8 Å². The fourth-order valence-electron chi connectivity index (χ4n) is 3.75. The first-order chi connectivity index (χ1) is 14.8. The molecule has 5 nitrogen and oxygen atoms in total. The van der Waals surface area contributed by atoms with Crippen LogP contribution in [0.15, 0.2) is 29.3 Å². The molecule has 1 aliphatic heterocycles. The molecule has 1 unspecified atom stereocenters. The van der Waals surface area contributed by atoms with Crippen LogP contribution in [0.1, 0.15) is 50.2 Å². The number of nitrogens with one attached hydrogen (secondary N) is 2. The molecule has 0 bridgehead atoms. The van der Waals surface area contributed by atoms with Crippen LogP contribution in [0.3, 0.4) is 0 Å². The van der Waals surface area contributed by atoms with Gasteiger partial charge in [0.05, 0.1) is 5.56 Å². The molecule has 0 saturated carbocycles. The Balaban J connectivity index is 0.00000512. The molecule has 1 atom stereocenters. The predicted molar refractivity (Wildman–Crippen MR) is 137 cm³/mol. The quantitative estimate of drug-likeness (QED) is 0.200. The molecule has 0 amide bonds. The van der Waals surface area contributed by atoms with Crippen LogP contribution < -0.4 is 10.6 Å². The van der Waals surface area contributed by atoms with Crippen molar-refractivity contribution >= 4 is 29.9 Å². The normalized spacial score (nSPS) is 17.4. The molecule has 1 fully saturated rings. The summed E-state index contributed by atoms with van der Waals surface area (Å²) in [5.74, 6) is 0.799. The van der Waals surface area contributed by atoms with Gasteiger partial charge in [0.1, 0.15) is 0 Å². The second kappa shape index (κ2) is 15.0. The minimum Gasteiger partial charge on any atom is -0.357 e. The third kappa shape index (κ3) is 10.7. The zero-order valence-corrected chi connectivity index (χ0v) is 21.9. The van der Waals surface area contributed by atoms with E-state index in [-0.39, 0.29) is 29.9 Å². The van der Waals surface area contributed by atoms with Gasteiger partial charge in [0.25, 0.3) is 0 Å². The number of guanidine groups is 1. The maximum Gasteiger partial charge on any atom is 0.416 e. The van der Waals surface area contributed by atoms with E-state index < -0.39 is 11.7 Å². The molecular weight excluding hydrogens is 530 g/mol. The van der Waals surface area contributed by atoms with E-state index in [9.17, 15) is 13.2 Å². The molecule has 1 saturated heterocycles. The van der Waals surface area contributed by atoms with Crippen molar-refractivity contribution in [1.82, 2.24) is 20.4 Å². The Hall–Kier alpha value is -1.07. The molecule has 0 aromatic heterocycles. The number of benzene rings is 1. The first-order valence-corrected chi connectivity index (χ1v) is 11.4. The molecule has 2 N–H and O–H groups in total. The third-order valence-electron chi connectivity index (χ3n) is 5.71. The minimum absolute atomic E-state index is 0. The number of alkyl halides is 3. The average Bonchev–Trinajstić information content (AvgIpc) is 2.94. The van der Waals surface area contributed by atoms with Gasteiger partial charge in [0, 0.05) is 32.7 Å². The average molecular weight is 569 g/mol. The van der Waals surface area contributed by atoms with E-state index >= 15 is 0 Å². The van der Waals surface area contributed by atoms with Crippen molar-refractivity contribution < 1.29 is 13.2 Å². The van der Waals surface area contributed by atoms with E-state index in [1.165, 1.54) is 25.1 Å². The maximum absolute atomic E-state index is 12.9. The zero-order valence-electron chi connectivity index (χ0n) is 19.5. The van der Waals surface area contributed by atoms with Gasteiger partial charge in [0.15, 0.2) is 5.96 Å². The molecule has 1 aromatic carbocycles. The highest BCUT2D eigenvalue weighted by Gasteiger charge is 2.30. The number of halogens is 4. The smallest absolute Gasteiger partial charge is 0.357 e. The molecule has 2 rings (SSSR count). The number of likely N-dealkylation sites (N-methyl/N-ethyl adjacent to an activating group) is 1. The number of nitrogens with zero attached hydrogens (tertiary/aromatic N) is 3. The number of hydrogen-bond donors (Lipinski definition) is 2. The lowest BCUT2D eigenvalue weighted by atomic mass is 9.96. The predicted octanol–water partition coefficient (Wildman–Crippen LogP) is 4.40. The standard InChI is InChI=1S/C23H38F3N5.HI/c1-4-27-22(28-11-6-14-31-15-7-13-30(3)16-17-31)29-12-10-19(2)20-8-5-9-21(18-20)23(24,25)26;/h5,8-9,18-19H,4,6-7,10-17H2,1-3H3,(H2,27,28,29);1H. The van der Waals surface area contributed by atoms with Crippen molar-refractivity contribution in [3.8, 4) is 0 Å². The fourth-order valence-corrected chi connectivity index (χ4v) is 3.75. The summed E-state index contributed by atoms with van der Waals surface area (Å²) in [7, 11) is 2.18. The molecule has 0 radical (unpaired) electrons. The first-order valence-electron chi connectivity index (χ1n) is 11.4. The Morgan fingerprint density at radius 1 is 1.16 bits per heavy atom. The molecule has 184 valence electrons. The van der Waals surface area contributed by atoms with Crippen molar-refractivity contribution in [3.63, 3.8) is 0 Å². The third-order valence-corrected chi connectivity index (χ3v) is 5.71. The number of aliphatic imine (C=N–C) groups is 1. The van der Waals surface area contributed by atoms with Crippen LogP contribution in [0.25, 0.3) is 0 Å². The summed E-state index contributed by atoms with van der Waals surface area (Å²) in [5.41, 5.74) is 0.123. The SMILES string of the molecule is CCNC(=NCCCN1CCCN(C)CC1)NCCC(C)c1cccc(C(F)(F)F)c1.I. The van der Waals surface area contributed by atoms with Gasteiger partial charge in [-0.2, -0.15) is 13.2 Å². The summed E-state index contributed by atoms with van der Waals surface area (Å²) in [5, 5.41) is 6.57. The molecule has 1 heterocycles. The molecule has 0 aliphatic carbocycles. The molecule has 1 aromatic rings.